The molecule has 0 bridgehead atoms. The molecule has 0 aliphatic carbocycles. The average molecular weight is 240 g/mol. The van der Waals surface area contributed by atoms with E-state index in [1.165, 1.54) is 12.2 Å². The highest BCUT2D eigenvalue weighted by Crippen LogP contribution is 2.15. The molecule has 0 spiro atoms. The summed E-state index contributed by atoms with van der Waals surface area (Å²) in [6.45, 7) is -0.397. The van der Waals surface area contributed by atoms with Gasteiger partial charge in [-0.3, -0.25) is 9.59 Å². The molecule has 1 aromatic rings. The summed E-state index contributed by atoms with van der Waals surface area (Å²) in [5.74, 6) is -1.55. The van der Waals surface area contributed by atoms with Crippen molar-refractivity contribution in [2.75, 3.05) is 6.54 Å². The summed E-state index contributed by atoms with van der Waals surface area (Å²) >= 11 is 5.86. The molecule has 1 rings (SSSR count). The van der Waals surface area contributed by atoms with E-state index in [4.69, 9.17) is 16.7 Å². The maximum absolute atomic E-state index is 11.1. The van der Waals surface area contributed by atoms with Gasteiger partial charge in [0.15, 0.2) is 0 Å². The fourth-order valence-corrected chi connectivity index (χ4v) is 1.20. The Balaban J connectivity index is 2.57. The molecule has 1 aromatic carbocycles. The van der Waals surface area contributed by atoms with Crippen LogP contribution in [0.25, 0.3) is 6.08 Å². The third kappa shape index (κ3) is 4.14. The highest BCUT2D eigenvalue weighted by atomic mass is 35.5. The highest BCUT2D eigenvalue weighted by molar-refractivity contribution is 6.32. The first kappa shape index (κ1) is 12.3. The molecule has 5 heteroatoms. The number of amides is 1. The van der Waals surface area contributed by atoms with E-state index in [2.05, 4.69) is 5.32 Å². The number of benzene rings is 1. The molecule has 0 heterocycles. The average Bonchev–Trinajstić information content (AvgIpc) is 2.25. The van der Waals surface area contributed by atoms with E-state index in [9.17, 15) is 9.59 Å². The molecule has 0 aliphatic rings. The summed E-state index contributed by atoms with van der Waals surface area (Å²) in [4.78, 5) is 21.3. The zero-order chi connectivity index (χ0) is 12.0. The summed E-state index contributed by atoms with van der Waals surface area (Å²) in [5.41, 5.74) is 0.703. The Morgan fingerprint density at radius 3 is 2.69 bits per heavy atom. The Morgan fingerprint density at radius 2 is 2.06 bits per heavy atom. The summed E-state index contributed by atoms with van der Waals surface area (Å²) in [6.07, 6.45) is 2.77. The van der Waals surface area contributed by atoms with Crippen LogP contribution in [0.1, 0.15) is 5.56 Å². The van der Waals surface area contributed by atoms with Crippen LogP contribution >= 0.6 is 11.6 Å². The number of nitrogens with one attached hydrogen (secondary N) is 1. The third-order valence-corrected chi connectivity index (χ3v) is 2.08. The van der Waals surface area contributed by atoms with Gasteiger partial charge in [0, 0.05) is 11.1 Å². The van der Waals surface area contributed by atoms with Crippen LogP contribution in [0.4, 0.5) is 0 Å². The molecular formula is C11H10ClNO3. The van der Waals surface area contributed by atoms with Crippen molar-refractivity contribution in [2.45, 2.75) is 0 Å². The maximum Gasteiger partial charge on any atom is 0.322 e. The summed E-state index contributed by atoms with van der Waals surface area (Å²) in [7, 11) is 0. The van der Waals surface area contributed by atoms with Gasteiger partial charge in [0.25, 0.3) is 0 Å². The molecule has 0 fully saturated rings. The number of carboxylic acid groups (broad SMARTS) is 1. The van der Waals surface area contributed by atoms with Crippen molar-refractivity contribution in [3.05, 3.63) is 40.9 Å². The number of hydrogen-bond donors (Lipinski definition) is 2. The monoisotopic (exact) mass is 239 g/mol. The normalized spacial score (nSPS) is 10.3. The van der Waals surface area contributed by atoms with Crippen LogP contribution in [-0.2, 0) is 9.59 Å². The van der Waals surface area contributed by atoms with Crippen LogP contribution in [0.3, 0.4) is 0 Å². The molecule has 0 aromatic heterocycles. The second-order valence-corrected chi connectivity index (χ2v) is 3.37. The van der Waals surface area contributed by atoms with Crippen molar-refractivity contribution < 1.29 is 14.7 Å². The smallest absolute Gasteiger partial charge is 0.322 e. The van der Waals surface area contributed by atoms with Crippen molar-refractivity contribution >= 4 is 29.6 Å². The van der Waals surface area contributed by atoms with Crippen LogP contribution in [0.15, 0.2) is 30.3 Å². The van der Waals surface area contributed by atoms with Gasteiger partial charge in [-0.25, -0.2) is 0 Å². The second-order valence-electron chi connectivity index (χ2n) is 2.97. The van der Waals surface area contributed by atoms with Gasteiger partial charge in [0.05, 0.1) is 0 Å². The number of hydrogen-bond acceptors (Lipinski definition) is 2. The van der Waals surface area contributed by atoms with Gasteiger partial charge in [-0.1, -0.05) is 29.8 Å². The largest absolute Gasteiger partial charge is 0.480 e. The molecule has 1 amide bonds. The van der Waals surface area contributed by atoms with Crippen molar-refractivity contribution in [3.8, 4) is 0 Å². The first-order valence-electron chi connectivity index (χ1n) is 4.52. The van der Waals surface area contributed by atoms with Crippen molar-refractivity contribution in [3.63, 3.8) is 0 Å². The number of carboxylic acids is 1. The molecule has 2 N–H and O–H groups in total. The van der Waals surface area contributed by atoms with Gasteiger partial charge in [0.1, 0.15) is 6.54 Å². The lowest BCUT2D eigenvalue weighted by Crippen LogP contribution is -2.27. The van der Waals surface area contributed by atoms with Crippen molar-refractivity contribution in [1.82, 2.24) is 5.32 Å². The zero-order valence-electron chi connectivity index (χ0n) is 8.31. The molecular weight excluding hydrogens is 230 g/mol. The van der Waals surface area contributed by atoms with E-state index < -0.39 is 18.4 Å². The number of halogens is 1. The minimum absolute atomic E-state index is 0.397. The maximum atomic E-state index is 11.1. The topological polar surface area (TPSA) is 66.4 Å². The van der Waals surface area contributed by atoms with E-state index >= 15 is 0 Å². The minimum atomic E-state index is -1.08. The molecule has 0 unspecified atom stereocenters. The summed E-state index contributed by atoms with van der Waals surface area (Å²) in [6, 6.07) is 7.03. The van der Waals surface area contributed by atoms with Crippen LogP contribution in [0.5, 0.6) is 0 Å². The highest BCUT2D eigenvalue weighted by Gasteiger charge is 2.00. The third-order valence-electron chi connectivity index (χ3n) is 1.73. The lowest BCUT2D eigenvalue weighted by atomic mass is 10.2. The Morgan fingerprint density at radius 1 is 1.38 bits per heavy atom. The molecule has 84 valence electrons. The fourth-order valence-electron chi connectivity index (χ4n) is 0.997. The quantitative estimate of drug-likeness (QED) is 0.784. The summed E-state index contributed by atoms with van der Waals surface area (Å²) < 4.78 is 0. The number of rotatable bonds is 4. The Bertz CT molecular complexity index is 429. The van der Waals surface area contributed by atoms with E-state index in [0.717, 1.165) is 0 Å². The number of carbonyl (C=O) groups excluding carboxylic acids is 1. The first-order chi connectivity index (χ1) is 7.59. The van der Waals surface area contributed by atoms with Crippen molar-refractivity contribution in [2.24, 2.45) is 0 Å². The molecule has 0 saturated carbocycles. The Hall–Kier alpha value is -1.81. The molecule has 16 heavy (non-hydrogen) atoms. The zero-order valence-corrected chi connectivity index (χ0v) is 9.07. The molecule has 0 radical (unpaired) electrons. The van der Waals surface area contributed by atoms with Gasteiger partial charge < -0.3 is 10.4 Å². The fraction of sp³-hybridized carbons (Fsp3) is 0.0909. The lowest BCUT2D eigenvalue weighted by molar-refractivity contribution is -0.137. The van der Waals surface area contributed by atoms with E-state index in [1.54, 1.807) is 24.3 Å². The Kier molecular flexibility index (Phi) is 4.54. The predicted molar refractivity (Wildman–Crippen MR) is 61.1 cm³/mol. The minimum Gasteiger partial charge on any atom is -0.480 e. The Labute approximate surface area is 97.5 Å². The number of aliphatic carboxylic acids is 1. The van der Waals surface area contributed by atoms with Gasteiger partial charge in [0.2, 0.25) is 5.91 Å². The lowest BCUT2D eigenvalue weighted by Gasteiger charge is -1.98. The van der Waals surface area contributed by atoms with Gasteiger partial charge in [-0.15, -0.1) is 0 Å². The van der Waals surface area contributed by atoms with E-state index in [0.29, 0.717) is 10.6 Å². The van der Waals surface area contributed by atoms with Crippen LogP contribution in [-0.4, -0.2) is 23.5 Å². The first-order valence-corrected chi connectivity index (χ1v) is 4.89. The number of carbonyl (C=O) groups is 2. The standard InChI is InChI=1S/C11H10ClNO3/c12-9-4-2-1-3-8(9)5-6-10(14)13-7-11(15)16/h1-6H,7H2,(H,13,14)(H,15,16)/b6-5+. The molecule has 0 aliphatic heterocycles. The van der Waals surface area contributed by atoms with Crippen LogP contribution in [0.2, 0.25) is 5.02 Å². The molecule has 0 atom stereocenters. The SMILES string of the molecule is O=C(O)CNC(=O)/C=C/c1ccccc1Cl. The van der Waals surface area contributed by atoms with Gasteiger partial charge in [-0.2, -0.15) is 0 Å². The van der Waals surface area contributed by atoms with E-state index in [1.807, 2.05) is 0 Å². The molecule has 0 saturated heterocycles. The van der Waals surface area contributed by atoms with E-state index in [-0.39, 0.29) is 0 Å². The molecule has 4 nitrogen and oxygen atoms in total. The van der Waals surface area contributed by atoms with Crippen LogP contribution < -0.4 is 5.32 Å². The second kappa shape index (κ2) is 5.92. The summed E-state index contributed by atoms with van der Waals surface area (Å²) in [5, 5.41) is 11.1. The van der Waals surface area contributed by atoms with Crippen LogP contribution in [0, 0.1) is 0 Å². The predicted octanol–water partition coefficient (Wildman–Crippen LogP) is 1.55. The van der Waals surface area contributed by atoms with Crippen molar-refractivity contribution in [1.29, 1.82) is 0 Å². The van der Waals surface area contributed by atoms with Gasteiger partial charge >= 0.3 is 5.97 Å². The van der Waals surface area contributed by atoms with Gasteiger partial charge in [-0.05, 0) is 17.7 Å².